The molecule has 3 fully saturated rings. The van der Waals surface area contributed by atoms with Crippen molar-refractivity contribution in [1.82, 2.24) is 15.5 Å². The number of ether oxygens (including phenoxy) is 1. The molecule has 2 bridgehead atoms. The van der Waals surface area contributed by atoms with Crippen LogP contribution >= 0.6 is 34.8 Å². The fraction of sp³-hybridized carbons (Fsp3) is 0.424. The van der Waals surface area contributed by atoms with Gasteiger partial charge in [-0.3, -0.25) is 4.79 Å². The molecule has 3 aromatic carbocycles. The first-order valence-corrected chi connectivity index (χ1v) is 16.0. The number of aryl methyl sites for hydroxylation is 1. The number of nitrogens with one attached hydrogen (secondary N) is 2. The zero-order chi connectivity index (χ0) is 30.1. The van der Waals surface area contributed by atoms with Gasteiger partial charge < -0.3 is 20.3 Å². The third-order valence-electron chi connectivity index (χ3n) is 8.80. The van der Waals surface area contributed by atoms with Crippen LogP contribution in [0, 0.1) is 17.6 Å². The zero-order valence-corrected chi connectivity index (χ0v) is 25.9. The molecule has 228 valence electrons. The van der Waals surface area contributed by atoms with Gasteiger partial charge in [0.15, 0.2) is 11.6 Å². The van der Waals surface area contributed by atoms with E-state index >= 15 is 0 Å². The summed E-state index contributed by atoms with van der Waals surface area (Å²) in [7, 11) is 0. The van der Waals surface area contributed by atoms with Crippen molar-refractivity contribution in [3.05, 3.63) is 98.0 Å². The number of nitrogens with zero attached hydrogens (tertiary/aromatic N) is 1. The van der Waals surface area contributed by atoms with Crippen molar-refractivity contribution >= 4 is 40.7 Å². The molecule has 0 radical (unpaired) electrons. The first kappa shape index (κ1) is 30.6. The van der Waals surface area contributed by atoms with Crippen LogP contribution in [0.3, 0.4) is 0 Å². The van der Waals surface area contributed by atoms with Crippen LogP contribution < -0.4 is 15.4 Å². The molecule has 4 unspecified atom stereocenters. The van der Waals surface area contributed by atoms with Gasteiger partial charge in [-0.2, -0.15) is 0 Å². The average molecular weight is 649 g/mol. The van der Waals surface area contributed by atoms with Gasteiger partial charge in [0.25, 0.3) is 0 Å². The number of piperazine rings is 1. The molecule has 2 aliphatic heterocycles. The van der Waals surface area contributed by atoms with E-state index in [-0.39, 0.29) is 47.2 Å². The summed E-state index contributed by atoms with van der Waals surface area (Å²) in [5, 5.41) is 7.90. The molecule has 5 nitrogen and oxygen atoms in total. The zero-order valence-electron chi connectivity index (χ0n) is 23.6. The van der Waals surface area contributed by atoms with Gasteiger partial charge in [0.2, 0.25) is 5.91 Å². The quantitative estimate of drug-likeness (QED) is 0.181. The first-order valence-electron chi connectivity index (χ1n) is 14.9. The minimum Gasteiger partial charge on any atom is -0.489 e. The van der Waals surface area contributed by atoms with E-state index in [0.29, 0.717) is 35.5 Å². The molecule has 3 aromatic rings. The number of carbonyl (C=O) groups is 1. The molecule has 0 spiro atoms. The highest BCUT2D eigenvalue weighted by Crippen LogP contribution is 2.41. The van der Waals surface area contributed by atoms with E-state index in [4.69, 9.17) is 39.5 Å². The average Bonchev–Trinajstić information content (AvgIpc) is 3.85. The van der Waals surface area contributed by atoms with Crippen molar-refractivity contribution in [3.8, 4) is 5.75 Å². The lowest BCUT2D eigenvalue weighted by Gasteiger charge is -2.47. The Hall–Kier alpha value is -2.42. The summed E-state index contributed by atoms with van der Waals surface area (Å²) in [4.78, 5) is 16.4. The number of hydrogen-bond acceptors (Lipinski definition) is 4. The molecule has 2 N–H and O–H groups in total. The lowest BCUT2D eigenvalue weighted by Crippen LogP contribution is -2.65. The Morgan fingerprint density at radius 2 is 1.72 bits per heavy atom. The number of carbonyl (C=O) groups excluding carboxylic acids is 1. The SMILES string of the molecule is O=C(C1C2CNCC(CC1c1ccc(CCCOc3c(F)ccc(F)c3Cl)cc1)N2)N(Cc1cccc(Cl)c1Cl)C1CC1. The van der Waals surface area contributed by atoms with Crippen molar-refractivity contribution in [1.29, 1.82) is 0 Å². The largest absolute Gasteiger partial charge is 0.489 e. The Labute approximate surface area is 265 Å². The first-order chi connectivity index (χ1) is 20.8. The minimum atomic E-state index is -0.711. The number of rotatable bonds is 10. The highest BCUT2D eigenvalue weighted by atomic mass is 35.5. The predicted octanol–water partition coefficient (Wildman–Crippen LogP) is 7.16. The van der Waals surface area contributed by atoms with E-state index in [9.17, 15) is 13.6 Å². The van der Waals surface area contributed by atoms with Crippen LogP contribution in [-0.4, -0.2) is 48.6 Å². The molecule has 2 saturated heterocycles. The highest BCUT2D eigenvalue weighted by Gasteiger charge is 2.47. The Bertz CT molecular complexity index is 1470. The third kappa shape index (κ3) is 6.81. The molecule has 1 amide bonds. The number of benzene rings is 3. The smallest absolute Gasteiger partial charge is 0.228 e. The molecule has 0 aromatic heterocycles. The molecular formula is C33H34Cl3F2N3O2. The van der Waals surface area contributed by atoms with Crippen molar-refractivity contribution in [2.75, 3.05) is 19.7 Å². The molecule has 6 rings (SSSR count). The summed E-state index contributed by atoms with van der Waals surface area (Å²) >= 11 is 18.7. The molecular weight excluding hydrogens is 615 g/mol. The van der Waals surface area contributed by atoms with E-state index in [2.05, 4.69) is 34.9 Å². The van der Waals surface area contributed by atoms with Gasteiger partial charge in [-0.1, -0.05) is 71.2 Å². The van der Waals surface area contributed by atoms with Gasteiger partial charge >= 0.3 is 0 Å². The van der Waals surface area contributed by atoms with Gasteiger partial charge in [0.1, 0.15) is 10.8 Å². The molecule has 43 heavy (non-hydrogen) atoms. The summed E-state index contributed by atoms with van der Waals surface area (Å²) in [5.74, 6) is -1.62. The minimum absolute atomic E-state index is 0.0351. The molecule has 4 atom stereocenters. The molecule has 1 saturated carbocycles. The van der Waals surface area contributed by atoms with Crippen LogP contribution in [0.25, 0.3) is 0 Å². The molecule has 2 heterocycles. The monoisotopic (exact) mass is 647 g/mol. The number of hydrogen-bond donors (Lipinski definition) is 2. The normalized spacial score (nSPS) is 23.2. The van der Waals surface area contributed by atoms with Crippen LogP contribution in [0.15, 0.2) is 54.6 Å². The second-order valence-electron chi connectivity index (χ2n) is 11.8. The fourth-order valence-corrected chi connectivity index (χ4v) is 7.07. The molecule has 1 aliphatic carbocycles. The van der Waals surface area contributed by atoms with Gasteiger partial charge in [-0.25, -0.2) is 8.78 Å². The van der Waals surface area contributed by atoms with E-state index in [1.54, 1.807) is 6.07 Å². The Kier molecular flexibility index (Phi) is 9.46. The predicted molar refractivity (Wildman–Crippen MR) is 166 cm³/mol. The van der Waals surface area contributed by atoms with Crippen LogP contribution in [0.4, 0.5) is 8.78 Å². The van der Waals surface area contributed by atoms with Crippen molar-refractivity contribution in [2.24, 2.45) is 5.92 Å². The number of piperidine rings is 1. The van der Waals surface area contributed by atoms with Gasteiger partial charge in [0.05, 0.1) is 22.6 Å². The van der Waals surface area contributed by atoms with E-state index in [1.165, 1.54) is 0 Å². The maximum absolute atomic E-state index is 14.4. The van der Waals surface area contributed by atoms with E-state index in [0.717, 1.165) is 61.2 Å². The van der Waals surface area contributed by atoms with Gasteiger partial charge in [-0.15, -0.1) is 0 Å². The van der Waals surface area contributed by atoms with Gasteiger partial charge in [0, 0.05) is 37.8 Å². The Morgan fingerprint density at radius 1 is 0.953 bits per heavy atom. The summed E-state index contributed by atoms with van der Waals surface area (Å²) in [6.45, 7) is 2.28. The number of halogens is 5. The number of amides is 1. The lowest BCUT2D eigenvalue weighted by molar-refractivity contribution is -0.140. The van der Waals surface area contributed by atoms with Crippen LogP contribution in [0.2, 0.25) is 15.1 Å². The van der Waals surface area contributed by atoms with Crippen molar-refractivity contribution in [2.45, 2.75) is 62.7 Å². The molecule has 10 heteroatoms. The molecule has 3 aliphatic rings. The highest BCUT2D eigenvalue weighted by molar-refractivity contribution is 6.42. The lowest BCUT2D eigenvalue weighted by atomic mass is 9.72. The Balaban J connectivity index is 1.15. The third-order valence-corrected chi connectivity index (χ3v) is 10.0. The second kappa shape index (κ2) is 13.3. The number of fused-ring (bicyclic) bond motifs is 2. The van der Waals surface area contributed by atoms with E-state index in [1.807, 2.05) is 17.0 Å². The Morgan fingerprint density at radius 3 is 2.49 bits per heavy atom. The van der Waals surface area contributed by atoms with Gasteiger partial charge in [-0.05, 0) is 72.9 Å². The summed E-state index contributed by atoms with van der Waals surface area (Å²) in [5.41, 5.74) is 3.12. The van der Waals surface area contributed by atoms with E-state index < -0.39 is 11.6 Å². The fourth-order valence-electron chi connectivity index (χ4n) is 6.48. The van der Waals surface area contributed by atoms with Crippen LogP contribution in [-0.2, 0) is 17.8 Å². The summed E-state index contributed by atoms with van der Waals surface area (Å²) < 4.78 is 33.1. The topological polar surface area (TPSA) is 53.6 Å². The summed E-state index contributed by atoms with van der Waals surface area (Å²) in [6.07, 6.45) is 4.17. The standard InChI is InChI=1S/C33H34Cl3F2N3O2/c34-25-5-1-4-21(30(25)35)18-41(23-10-11-23)33(42)29-24(15-22-16-39-17-28(29)40-22)20-8-6-19(7-9-20)3-2-14-43-32-27(38)13-12-26(37)31(32)36/h1,4-9,12-13,22-24,28-29,39-40H,2-3,10-11,14-18H2. The second-order valence-corrected chi connectivity index (χ2v) is 12.9. The maximum atomic E-state index is 14.4. The van der Waals surface area contributed by atoms with Crippen molar-refractivity contribution < 1.29 is 18.3 Å². The van der Waals surface area contributed by atoms with Crippen LogP contribution in [0.1, 0.15) is 48.3 Å². The van der Waals surface area contributed by atoms with Crippen molar-refractivity contribution in [3.63, 3.8) is 0 Å². The summed E-state index contributed by atoms with van der Waals surface area (Å²) in [6, 6.07) is 16.6. The maximum Gasteiger partial charge on any atom is 0.228 e. The van der Waals surface area contributed by atoms with Crippen LogP contribution in [0.5, 0.6) is 5.75 Å².